The predicted octanol–water partition coefficient (Wildman–Crippen LogP) is 2.86. The molecule has 1 heterocycles. The summed E-state index contributed by atoms with van der Waals surface area (Å²) in [7, 11) is 0. The van der Waals surface area contributed by atoms with Crippen molar-refractivity contribution >= 4 is 17.7 Å². The van der Waals surface area contributed by atoms with Crippen molar-refractivity contribution in [1.29, 1.82) is 0 Å². The molecule has 1 saturated carbocycles. The molecule has 1 aromatic heterocycles. The van der Waals surface area contributed by atoms with Gasteiger partial charge in [-0.25, -0.2) is 9.97 Å². The Hall–Kier alpha value is -1.14. The summed E-state index contributed by atoms with van der Waals surface area (Å²) in [6.45, 7) is 5.57. The van der Waals surface area contributed by atoms with E-state index >= 15 is 0 Å². The van der Waals surface area contributed by atoms with Gasteiger partial charge in [0.2, 0.25) is 0 Å². The molecule has 0 spiro atoms. The molecule has 1 aliphatic rings. The van der Waals surface area contributed by atoms with E-state index < -0.39 is 11.7 Å². The normalized spacial score (nSPS) is 24.7. The number of rotatable bonds is 5. The fraction of sp³-hybridized carbons (Fsp3) is 0.706. The SMILES string of the molecule is CSc1cnc(C[C@H]2CC[C@H](CC(=O)OC(C)(C)C)[C@@H]2O)nc1. The zero-order valence-corrected chi connectivity index (χ0v) is 15.1. The van der Waals surface area contributed by atoms with Gasteiger partial charge >= 0.3 is 5.97 Å². The van der Waals surface area contributed by atoms with Gasteiger partial charge in [-0.05, 0) is 51.7 Å². The number of aliphatic hydroxyl groups excluding tert-OH is 1. The highest BCUT2D eigenvalue weighted by Crippen LogP contribution is 2.35. The Morgan fingerprint density at radius 2 is 1.91 bits per heavy atom. The van der Waals surface area contributed by atoms with Gasteiger partial charge in [-0.1, -0.05) is 0 Å². The Labute approximate surface area is 142 Å². The number of carbonyl (C=O) groups excluding carboxylic acids is 1. The number of nitrogens with zero attached hydrogens (tertiary/aromatic N) is 2. The molecule has 1 aromatic rings. The van der Waals surface area contributed by atoms with Crippen molar-refractivity contribution in [1.82, 2.24) is 9.97 Å². The first-order chi connectivity index (χ1) is 10.8. The van der Waals surface area contributed by atoms with E-state index in [1.165, 1.54) is 0 Å². The van der Waals surface area contributed by atoms with E-state index in [0.29, 0.717) is 6.42 Å². The van der Waals surface area contributed by atoms with Crippen LogP contribution in [0.25, 0.3) is 0 Å². The maximum absolute atomic E-state index is 11.9. The smallest absolute Gasteiger partial charge is 0.306 e. The Kier molecular flexibility index (Phi) is 6.03. The molecule has 23 heavy (non-hydrogen) atoms. The monoisotopic (exact) mass is 338 g/mol. The van der Waals surface area contributed by atoms with Crippen molar-refractivity contribution in [2.75, 3.05) is 6.26 Å². The average molecular weight is 338 g/mol. The number of aliphatic hydroxyl groups is 1. The molecule has 0 aliphatic heterocycles. The Morgan fingerprint density at radius 1 is 1.30 bits per heavy atom. The van der Waals surface area contributed by atoms with E-state index in [-0.39, 0.29) is 24.2 Å². The lowest BCUT2D eigenvalue weighted by molar-refractivity contribution is -0.156. The molecule has 2 rings (SSSR count). The van der Waals surface area contributed by atoms with Gasteiger partial charge in [-0.3, -0.25) is 4.79 Å². The van der Waals surface area contributed by atoms with Crippen LogP contribution in [0.3, 0.4) is 0 Å². The number of aromatic nitrogens is 2. The predicted molar refractivity (Wildman–Crippen MR) is 90.2 cm³/mol. The topological polar surface area (TPSA) is 72.3 Å². The highest BCUT2D eigenvalue weighted by molar-refractivity contribution is 7.98. The minimum atomic E-state index is -0.494. The maximum atomic E-state index is 11.9. The molecular formula is C17H26N2O3S. The molecular weight excluding hydrogens is 312 g/mol. The van der Waals surface area contributed by atoms with Gasteiger partial charge in [0.25, 0.3) is 0 Å². The average Bonchev–Trinajstić information content (AvgIpc) is 2.79. The molecule has 5 nitrogen and oxygen atoms in total. The second-order valence-corrected chi connectivity index (χ2v) is 8.00. The van der Waals surface area contributed by atoms with Crippen LogP contribution >= 0.6 is 11.8 Å². The van der Waals surface area contributed by atoms with Gasteiger partial charge in [0, 0.05) is 23.7 Å². The molecule has 6 heteroatoms. The van der Waals surface area contributed by atoms with Crippen LogP contribution in [0.2, 0.25) is 0 Å². The molecule has 0 unspecified atom stereocenters. The van der Waals surface area contributed by atoms with Crippen molar-refractivity contribution in [2.24, 2.45) is 11.8 Å². The maximum Gasteiger partial charge on any atom is 0.306 e. The van der Waals surface area contributed by atoms with Crippen LogP contribution < -0.4 is 0 Å². The molecule has 0 bridgehead atoms. The van der Waals surface area contributed by atoms with Crippen LogP contribution in [0.4, 0.5) is 0 Å². The molecule has 128 valence electrons. The third kappa shape index (κ3) is 5.46. The quantitative estimate of drug-likeness (QED) is 0.657. The highest BCUT2D eigenvalue weighted by atomic mass is 32.2. The fourth-order valence-electron chi connectivity index (χ4n) is 2.99. The summed E-state index contributed by atoms with van der Waals surface area (Å²) in [5.74, 6) is 0.607. The van der Waals surface area contributed by atoms with Gasteiger partial charge < -0.3 is 9.84 Å². The lowest BCUT2D eigenvalue weighted by Crippen LogP contribution is -2.29. The molecule has 0 aromatic carbocycles. The van der Waals surface area contributed by atoms with Crippen LogP contribution in [0.1, 0.15) is 45.9 Å². The lowest BCUT2D eigenvalue weighted by Gasteiger charge is -2.23. The minimum Gasteiger partial charge on any atom is -0.460 e. The zero-order chi connectivity index (χ0) is 17.0. The highest BCUT2D eigenvalue weighted by Gasteiger charge is 2.37. The van der Waals surface area contributed by atoms with Gasteiger partial charge in [0.05, 0.1) is 12.5 Å². The van der Waals surface area contributed by atoms with E-state index in [1.807, 2.05) is 39.4 Å². The van der Waals surface area contributed by atoms with Crippen LogP contribution in [0, 0.1) is 11.8 Å². The summed E-state index contributed by atoms with van der Waals surface area (Å²) in [6, 6.07) is 0. The van der Waals surface area contributed by atoms with Gasteiger partial charge in [0.1, 0.15) is 11.4 Å². The molecule has 0 saturated heterocycles. The fourth-order valence-corrected chi connectivity index (χ4v) is 3.30. The summed E-state index contributed by atoms with van der Waals surface area (Å²) < 4.78 is 5.35. The van der Waals surface area contributed by atoms with Crippen molar-refractivity contribution in [3.8, 4) is 0 Å². The third-order valence-electron chi connectivity index (χ3n) is 4.09. The molecule has 1 N–H and O–H groups in total. The summed E-state index contributed by atoms with van der Waals surface area (Å²) in [5.41, 5.74) is -0.479. The molecule has 0 radical (unpaired) electrons. The van der Waals surface area contributed by atoms with E-state index in [0.717, 1.165) is 23.6 Å². The van der Waals surface area contributed by atoms with Gasteiger partial charge in [-0.15, -0.1) is 11.8 Å². The largest absolute Gasteiger partial charge is 0.460 e. The summed E-state index contributed by atoms with van der Waals surface area (Å²) in [6.07, 6.45) is 7.78. The first-order valence-corrected chi connectivity index (χ1v) is 9.26. The zero-order valence-electron chi connectivity index (χ0n) is 14.3. The summed E-state index contributed by atoms with van der Waals surface area (Å²) >= 11 is 1.61. The van der Waals surface area contributed by atoms with Gasteiger partial charge in [0.15, 0.2) is 0 Å². The van der Waals surface area contributed by atoms with E-state index in [2.05, 4.69) is 9.97 Å². The third-order valence-corrected chi connectivity index (χ3v) is 4.77. The summed E-state index contributed by atoms with van der Waals surface area (Å²) in [4.78, 5) is 21.7. The van der Waals surface area contributed by atoms with Crippen LogP contribution in [-0.4, -0.2) is 39.0 Å². The Bertz CT molecular complexity index is 528. The Morgan fingerprint density at radius 3 is 2.48 bits per heavy atom. The van der Waals surface area contributed by atoms with Crippen LogP contribution in [-0.2, 0) is 16.0 Å². The number of ether oxygens (including phenoxy) is 1. The molecule has 0 amide bonds. The summed E-state index contributed by atoms with van der Waals surface area (Å²) in [5, 5.41) is 10.5. The van der Waals surface area contributed by atoms with E-state index in [1.54, 1.807) is 11.8 Å². The van der Waals surface area contributed by atoms with Gasteiger partial charge in [-0.2, -0.15) is 0 Å². The van der Waals surface area contributed by atoms with E-state index in [9.17, 15) is 9.90 Å². The minimum absolute atomic E-state index is 0.0275. The first kappa shape index (κ1) is 18.2. The number of carbonyl (C=O) groups is 1. The lowest BCUT2D eigenvalue weighted by atomic mass is 9.95. The number of esters is 1. The van der Waals surface area contributed by atoms with Crippen molar-refractivity contribution in [3.63, 3.8) is 0 Å². The molecule has 3 atom stereocenters. The molecule has 1 fully saturated rings. The van der Waals surface area contributed by atoms with Crippen molar-refractivity contribution < 1.29 is 14.6 Å². The molecule has 1 aliphatic carbocycles. The number of thioether (sulfide) groups is 1. The van der Waals surface area contributed by atoms with Crippen LogP contribution in [0.5, 0.6) is 0 Å². The van der Waals surface area contributed by atoms with Crippen molar-refractivity contribution in [2.45, 2.75) is 63.1 Å². The second-order valence-electron chi connectivity index (χ2n) is 7.12. The van der Waals surface area contributed by atoms with Crippen molar-refractivity contribution in [3.05, 3.63) is 18.2 Å². The number of hydrogen-bond acceptors (Lipinski definition) is 6. The van der Waals surface area contributed by atoms with Crippen LogP contribution in [0.15, 0.2) is 17.3 Å². The standard InChI is InChI=1S/C17H26N2O3S/c1-17(2,3)22-15(20)8-12-6-5-11(16(12)21)7-14-18-9-13(23-4)10-19-14/h9-12,16,21H,5-8H2,1-4H3/t11-,12-,16-/m1/s1. The second kappa shape index (κ2) is 7.62. The first-order valence-electron chi connectivity index (χ1n) is 8.03. The number of hydrogen-bond donors (Lipinski definition) is 1. The Balaban J connectivity index is 1.88. The van der Waals surface area contributed by atoms with E-state index in [4.69, 9.17) is 4.74 Å².